The minimum Gasteiger partial charge on any atom is -0.394 e. The first-order chi connectivity index (χ1) is 7.17. The maximum Gasteiger partial charge on any atom is 0.126 e. The van der Waals surface area contributed by atoms with E-state index < -0.39 is 0 Å². The van der Waals surface area contributed by atoms with Gasteiger partial charge in [-0.2, -0.15) is 0 Å². The Balaban J connectivity index is 2.63. The molecule has 1 atom stereocenters. The summed E-state index contributed by atoms with van der Waals surface area (Å²) in [6.07, 6.45) is 1.75. The first-order valence-corrected chi connectivity index (χ1v) is 5.19. The molecule has 0 bridgehead atoms. The van der Waals surface area contributed by atoms with Gasteiger partial charge in [-0.15, -0.1) is 0 Å². The average Bonchev–Trinajstić information content (AvgIpc) is 2.26. The Morgan fingerprint density at radius 1 is 1.47 bits per heavy atom. The van der Waals surface area contributed by atoms with Crippen LogP contribution in [0.1, 0.15) is 19.4 Å². The van der Waals surface area contributed by atoms with Crippen molar-refractivity contribution in [1.29, 1.82) is 0 Å². The Labute approximate surface area is 90.5 Å². The highest BCUT2D eigenvalue weighted by atomic mass is 16.3. The maximum absolute atomic E-state index is 9.15. The van der Waals surface area contributed by atoms with E-state index in [2.05, 4.69) is 24.1 Å². The minimum absolute atomic E-state index is 0.0428. The van der Waals surface area contributed by atoms with Crippen LogP contribution in [0.15, 0.2) is 18.3 Å². The third-order valence-electron chi connectivity index (χ3n) is 2.40. The van der Waals surface area contributed by atoms with Crippen LogP contribution in [0.2, 0.25) is 0 Å². The SMILES string of the molecule is CC(C)C(CO)Nc1ccc(CN)cn1. The van der Waals surface area contributed by atoms with Crippen molar-refractivity contribution in [2.24, 2.45) is 11.7 Å². The van der Waals surface area contributed by atoms with Crippen molar-refractivity contribution < 1.29 is 5.11 Å². The van der Waals surface area contributed by atoms with Crippen LogP contribution < -0.4 is 11.1 Å². The first-order valence-electron chi connectivity index (χ1n) is 5.19. The quantitative estimate of drug-likeness (QED) is 0.675. The number of pyridine rings is 1. The molecule has 4 heteroatoms. The van der Waals surface area contributed by atoms with E-state index in [0.717, 1.165) is 11.4 Å². The molecule has 1 rings (SSSR count). The predicted octanol–water partition coefficient (Wildman–Crippen LogP) is 0.969. The number of nitrogens with one attached hydrogen (secondary N) is 1. The summed E-state index contributed by atoms with van der Waals surface area (Å²) >= 11 is 0. The summed E-state index contributed by atoms with van der Waals surface area (Å²) in [6, 6.07) is 3.86. The second-order valence-electron chi connectivity index (χ2n) is 3.93. The number of nitrogens with two attached hydrogens (primary N) is 1. The molecule has 4 nitrogen and oxygen atoms in total. The van der Waals surface area contributed by atoms with E-state index in [1.165, 1.54) is 0 Å². The van der Waals surface area contributed by atoms with Crippen molar-refractivity contribution >= 4 is 5.82 Å². The van der Waals surface area contributed by atoms with E-state index >= 15 is 0 Å². The average molecular weight is 209 g/mol. The van der Waals surface area contributed by atoms with Gasteiger partial charge in [0.2, 0.25) is 0 Å². The van der Waals surface area contributed by atoms with Crippen LogP contribution in [0.4, 0.5) is 5.82 Å². The third kappa shape index (κ3) is 3.49. The lowest BCUT2D eigenvalue weighted by molar-refractivity contribution is 0.249. The van der Waals surface area contributed by atoms with Crippen LogP contribution in [-0.2, 0) is 6.54 Å². The molecule has 0 fully saturated rings. The van der Waals surface area contributed by atoms with E-state index in [1.54, 1.807) is 6.20 Å². The second-order valence-corrected chi connectivity index (χ2v) is 3.93. The number of aliphatic hydroxyl groups is 1. The minimum atomic E-state index is 0.0428. The molecule has 1 aromatic rings. The van der Waals surface area contributed by atoms with Gasteiger partial charge in [0.05, 0.1) is 12.6 Å². The fourth-order valence-corrected chi connectivity index (χ4v) is 1.24. The zero-order valence-corrected chi connectivity index (χ0v) is 9.27. The van der Waals surface area contributed by atoms with E-state index in [-0.39, 0.29) is 12.6 Å². The Kier molecular flexibility index (Phi) is 4.52. The van der Waals surface area contributed by atoms with Crippen LogP contribution in [0.25, 0.3) is 0 Å². The summed E-state index contributed by atoms with van der Waals surface area (Å²) in [5.74, 6) is 1.14. The number of hydrogen-bond donors (Lipinski definition) is 3. The van der Waals surface area contributed by atoms with Gasteiger partial charge in [-0.1, -0.05) is 19.9 Å². The van der Waals surface area contributed by atoms with Crippen LogP contribution in [0.5, 0.6) is 0 Å². The molecule has 0 aromatic carbocycles. The van der Waals surface area contributed by atoms with Crippen molar-refractivity contribution in [3.8, 4) is 0 Å². The Hall–Kier alpha value is -1.13. The van der Waals surface area contributed by atoms with E-state index in [1.807, 2.05) is 12.1 Å². The van der Waals surface area contributed by atoms with Gasteiger partial charge in [-0.3, -0.25) is 0 Å². The summed E-state index contributed by atoms with van der Waals surface area (Å²) in [5, 5.41) is 12.3. The van der Waals surface area contributed by atoms with Crippen molar-refractivity contribution in [1.82, 2.24) is 4.98 Å². The molecule has 0 aliphatic heterocycles. The molecule has 4 N–H and O–H groups in total. The lowest BCUT2D eigenvalue weighted by Crippen LogP contribution is -2.29. The number of hydrogen-bond acceptors (Lipinski definition) is 4. The highest BCUT2D eigenvalue weighted by Gasteiger charge is 2.11. The first kappa shape index (κ1) is 11.9. The normalized spacial score (nSPS) is 12.9. The highest BCUT2D eigenvalue weighted by Crippen LogP contribution is 2.10. The van der Waals surface area contributed by atoms with Crippen molar-refractivity contribution in [2.75, 3.05) is 11.9 Å². The maximum atomic E-state index is 9.15. The number of anilines is 1. The summed E-state index contributed by atoms with van der Waals surface area (Å²) in [6.45, 7) is 4.73. The van der Waals surface area contributed by atoms with Gasteiger partial charge < -0.3 is 16.2 Å². The standard InChI is InChI=1S/C11H19N3O/c1-8(2)10(7-15)14-11-4-3-9(5-12)6-13-11/h3-4,6,8,10,15H,5,7,12H2,1-2H3,(H,13,14). The monoisotopic (exact) mass is 209 g/mol. The molecule has 1 aromatic heterocycles. The second kappa shape index (κ2) is 5.68. The van der Waals surface area contributed by atoms with Gasteiger partial charge >= 0.3 is 0 Å². The van der Waals surface area contributed by atoms with Gasteiger partial charge in [-0.25, -0.2) is 4.98 Å². The lowest BCUT2D eigenvalue weighted by atomic mass is 10.1. The van der Waals surface area contributed by atoms with E-state index in [9.17, 15) is 0 Å². The molecule has 1 unspecified atom stereocenters. The molecular weight excluding hydrogens is 190 g/mol. The van der Waals surface area contributed by atoms with Crippen LogP contribution >= 0.6 is 0 Å². The lowest BCUT2D eigenvalue weighted by Gasteiger charge is -2.20. The van der Waals surface area contributed by atoms with E-state index in [4.69, 9.17) is 10.8 Å². The van der Waals surface area contributed by atoms with Crippen LogP contribution in [0.3, 0.4) is 0 Å². The predicted molar refractivity (Wildman–Crippen MR) is 61.5 cm³/mol. The van der Waals surface area contributed by atoms with Crippen molar-refractivity contribution in [3.05, 3.63) is 23.9 Å². The van der Waals surface area contributed by atoms with Gasteiger partial charge in [0.15, 0.2) is 0 Å². The molecule has 0 aliphatic rings. The summed E-state index contributed by atoms with van der Waals surface area (Å²) in [7, 11) is 0. The fourth-order valence-electron chi connectivity index (χ4n) is 1.24. The van der Waals surface area contributed by atoms with Gasteiger partial charge in [-0.05, 0) is 17.5 Å². The molecule has 0 saturated heterocycles. The fraction of sp³-hybridized carbons (Fsp3) is 0.545. The Morgan fingerprint density at radius 3 is 2.60 bits per heavy atom. The third-order valence-corrected chi connectivity index (χ3v) is 2.40. The highest BCUT2D eigenvalue weighted by molar-refractivity contribution is 5.36. The Morgan fingerprint density at radius 2 is 2.20 bits per heavy atom. The van der Waals surface area contributed by atoms with Crippen LogP contribution in [-0.4, -0.2) is 22.7 Å². The molecule has 1 heterocycles. The van der Waals surface area contributed by atoms with Crippen LogP contribution in [0, 0.1) is 5.92 Å². The number of aliphatic hydroxyl groups excluding tert-OH is 1. The zero-order valence-electron chi connectivity index (χ0n) is 9.27. The topological polar surface area (TPSA) is 71.2 Å². The summed E-state index contributed by atoms with van der Waals surface area (Å²) in [5.41, 5.74) is 6.48. The van der Waals surface area contributed by atoms with Gasteiger partial charge in [0.1, 0.15) is 5.82 Å². The summed E-state index contributed by atoms with van der Waals surface area (Å²) < 4.78 is 0. The van der Waals surface area contributed by atoms with Gasteiger partial charge in [0.25, 0.3) is 0 Å². The summed E-state index contributed by atoms with van der Waals surface area (Å²) in [4.78, 5) is 4.22. The number of rotatable bonds is 5. The molecule has 84 valence electrons. The van der Waals surface area contributed by atoms with Crippen molar-refractivity contribution in [3.63, 3.8) is 0 Å². The molecule has 0 saturated carbocycles. The number of nitrogens with zero attached hydrogens (tertiary/aromatic N) is 1. The largest absolute Gasteiger partial charge is 0.394 e. The molecule has 15 heavy (non-hydrogen) atoms. The zero-order chi connectivity index (χ0) is 11.3. The van der Waals surface area contributed by atoms with E-state index in [0.29, 0.717) is 12.5 Å². The number of aromatic nitrogens is 1. The molecular formula is C11H19N3O. The Bertz CT molecular complexity index is 284. The van der Waals surface area contributed by atoms with Crippen molar-refractivity contribution in [2.45, 2.75) is 26.4 Å². The van der Waals surface area contributed by atoms with Gasteiger partial charge in [0, 0.05) is 12.7 Å². The smallest absolute Gasteiger partial charge is 0.126 e. The molecule has 0 radical (unpaired) electrons. The molecule has 0 amide bonds. The molecule has 0 aliphatic carbocycles. The molecule has 0 spiro atoms.